The zero-order valence-corrected chi connectivity index (χ0v) is 10.2. The van der Waals surface area contributed by atoms with E-state index in [0.717, 1.165) is 23.5 Å². The third kappa shape index (κ3) is 3.00. The normalized spacial score (nSPS) is 10.4. The molecule has 98 valence electrons. The number of carbonyl (C=O) groups excluding carboxylic acids is 1. The van der Waals surface area contributed by atoms with Crippen LogP contribution in [-0.2, 0) is 6.42 Å². The van der Waals surface area contributed by atoms with Gasteiger partial charge >= 0.3 is 5.00 Å². The van der Waals surface area contributed by atoms with E-state index in [4.69, 9.17) is 0 Å². The van der Waals surface area contributed by atoms with Crippen LogP contribution in [0.25, 0.3) is 0 Å². The molecule has 2 rings (SSSR count). The molecule has 19 heavy (non-hydrogen) atoms. The lowest BCUT2D eigenvalue weighted by Crippen LogP contribution is -2.02. The highest BCUT2D eigenvalue weighted by atomic mass is 32.1. The Balaban J connectivity index is 2.15. The topological polar surface area (TPSA) is 60.2 Å². The molecule has 0 amide bonds. The first-order valence-electron chi connectivity index (χ1n) is 5.18. The molecule has 1 aromatic heterocycles. The summed E-state index contributed by atoms with van der Waals surface area (Å²) in [7, 11) is 0. The third-order valence-electron chi connectivity index (χ3n) is 2.40. The average molecular weight is 283 g/mol. The SMILES string of the molecule is O=C(Cc1ccc(F)c(F)c1)c1ccc([N+](=O)[O-])s1. The minimum Gasteiger partial charge on any atom is -0.293 e. The summed E-state index contributed by atoms with van der Waals surface area (Å²) in [6.07, 6.45) is -0.130. The van der Waals surface area contributed by atoms with Crippen molar-refractivity contribution < 1.29 is 18.5 Å². The number of thiophene rings is 1. The Hall–Kier alpha value is -2.15. The van der Waals surface area contributed by atoms with E-state index in [2.05, 4.69) is 0 Å². The van der Waals surface area contributed by atoms with Crippen LogP contribution in [-0.4, -0.2) is 10.7 Å². The fourth-order valence-corrected chi connectivity index (χ4v) is 2.26. The number of hydrogen-bond acceptors (Lipinski definition) is 4. The molecule has 0 aliphatic carbocycles. The monoisotopic (exact) mass is 283 g/mol. The van der Waals surface area contributed by atoms with Gasteiger partial charge in [-0.2, -0.15) is 0 Å². The number of halogens is 2. The Labute approximate surface area is 110 Å². The van der Waals surface area contributed by atoms with Gasteiger partial charge in [0, 0.05) is 12.5 Å². The highest BCUT2D eigenvalue weighted by Gasteiger charge is 2.16. The predicted molar refractivity (Wildman–Crippen MR) is 65.4 cm³/mol. The molecule has 0 aliphatic heterocycles. The number of Topliss-reactive ketones (excluding diaryl/α,β-unsaturated/α-hetero) is 1. The fraction of sp³-hybridized carbons (Fsp3) is 0.0833. The molecule has 0 aliphatic rings. The van der Waals surface area contributed by atoms with Crippen LogP contribution in [0.4, 0.5) is 13.8 Å². The van der Waals surface area contributed by atoms with Gasteiger partial charge in [-0.05, 0) is 23.8 Å². The Kier molecular flexibility index (Phi) is 3.66. The van der Waals surface area contributed by atoms with E-state index in [-0.39, 0.29) is 22.1 Å². The highest BCUT2D eigenvalue weighted by molar-refractivity contribution is 7.17. The molecule has 1 aromatic carbocycles. The lowest BCUT2D eigenvalue weighted by molar-refractivity contribution is -0.380. The summed E-state index contributed by atoms with van der Waals surface area (Å²) in [4.78, 5) is 21.9. The number of hydrogen-bond donors (Lipinski definition) is 0. The standard InChI is InChI=1S/C12H7F2NO3S/c13-8-2-1-7(5-9(8)14)6-10(16)11-3-4-12(19-11)15(17)18/h1-5H,6H2. The molecule has 0 N–H and O–H groups in total. The Bertz CT molecular complexity index is 654. The van der Waals surface area contributed by atoms with Crippen LogP contribution in [0.15, 0.2) is 30.3 Å². The van der Waals surface area contributed by atoms with Crippen molar-refractivity contribution >= 4 is 22.1 Å². The van der Waals surface area contributed by atoms with Gasteiger partial charge in [-0.1, -0.05) is 17.4 Å². The second-order valence-corrected chi connectivity index (χ2v) is 4.81. The summed E-state index contributed by atoms with van der Waals surface area (Å²) in [5.74, 6) is -2.38. The molecule has 0 bridgehead atoms. The zero-order valence-electron chi connectivity index (χ0n) is 9.43. The number of nitro groups is 1. The van der Waals surface area contributed by atoms with Gasteiger partial charge in [-0.3, -0.25) is 14.9 Å². The molecule has 0 atom stereocenters. The molecule has 0 radical (unpaired) electrons. The third-order valence-corrected chi connectivity index (χ3v) is 3.47. The summed E-state index contributed by atoms with van der Waals surface area (Å²) < 4.78 is 25.7. The van der Waals surface area contributed by atoms with Gasteiger partial charge in [0.1, 0.15) is 0 Å². The lowest BCUT2D eigenvalue weighted by Gasteiger charge is -2.00. The average Bonchev–Trinajstić information content (AvgIpc) is 2.83. The second-order valence-electron chi connectivity index (χ2n) is 3.74. The maximum atomic E-state index is 13.0. The first-order valence-corrected chi connectivity index (χ1v) is 6.00. The zero-order chi connectivity index (χ0) is 14.0. The molecule has 0 fully saturated rings. The minimum absolute atomic E-state index is 0.130. The van der Waals surface area contributed by atoms with E-state index in [1.807, 2.05) is 0 Å². The van der Waals surface area contributed by atoms with Crippen molar-refractivity contribution in [3.8, 4) is 0 Å². The van der Waals surface area contributed by atoms with Crippen molar-refractivity contribution in [2.24, 2.45) is 0 Å². The molecule has 0 saturated heterocycles. The summed E-state index contributed by atoms with van der Waals surface area (Å²) in [5, 5.41) is 10.4. The van der Waals surface area contributed by atoms with Crippen molar-refractivity contribution in [1.82, 2.24) is 0 Å². The molecular weight excluding hydrogens is 276 g/mol. The Morgan fingerprint density at radius 3 is 2.53 bits per heavy atom. The maximum absolute atomic E-state index is 13.0. The molecule has 1 heterocycles. The number of rotatable bonds is 4. The summed E-state index contributed by atoms with van der Waals surface area (Å²) in [5.41, 5.74) is 0.319. The smallest absolute Gasteiger partial charge is 0.293 e. The maximum Gasteiger partial charge on any atom is 0.324 e. The number of carbonyl (C=O) groups is 1. The van der Waals surface area contributed by atoms with Gasteiger partial charge in [0.05, 0.1) is 9.80 Å². The summed E-state index contributed by atoms with van der Waals surface area (Å²) >= 11 is 0.759. The van der Waals surface area contributed by atoms with Crippen molar-refractivity contribution in [1.29, 1.82) is 0 Å². The molecule has 4 nitrogen and oxygen atoms in total. The van der Waals surface area contributed by atoms with E-state index in [9.17, 15) is 23.7 Å². The van der Waals surface area contributed by atoms with Crippen molar-refractivity contribution in [2.45, 2.75) is 6.42 Å². The number of benzene rings is 1. The minimum atomic E-state index is -1.03. The van der Waals surface area contributed by atoms with Crippen LogP contribution in [0.5, 0.6) is 0 Å². The molecule has 0 spiro atoms. The van der Waals surface area contributed by atoms with Crippen LogP contribution in [0, 0.1) is 21.7 Å². The van der Waals surface area contributed by atoms with Gasteiger partial charge in [0.15, 0.2) is 17.4 Å². The van der Waals surface area contributed by atoms with E-state index in [1.165, 1.54) is 18.2 Å². The molecule has 0 saturated carbocycles. The molecule has 2 aromatic rings. The van der Waals surface area contributed by atoms with E-state index in [0.29, 0.717) is 5.56 Å². The van der Waals surface area contributed by atoms with Crippen molar-refractivity contribution in [3.63, 3.8) is 0 Å². The first-order chi connectivity index (χ1) is 8.97. The number of ketones is 1. The Morgan fingerprint density at radius 2 is 1.95 bits per heavy atom. The van der Waals surface area contributed by atoms with Crippen LogP contribution in [0.2, 0.25) is 0 Å². The number of nitrogens with zero attached hydrogens (tertiary/aromatic N) is 1. The second kappa shape index (κ2) is 5.23. The fourth-order valence-electron chi connectivity index (χ4n) is 1.50. The van der Waals surface area contributed by atoms with Crippen molar-refractivity contribution in [2.75, 3.05) is 0 Å². The van der Waals surface area contributed by atoms with Gasteiger partial charge in [-0.15, -0.1) is 0 Å². The van der Waals surface area contributed by atoms with E-state index in [1.54, 1.807) is 0 Å². The van der Waals surface area contributed by atoms with Gasteiger partial charge in [0.2, 0.25) is 0 Å². The predicted octanol–water partition coefficient (Wildman–Crippen LogP) is 3.36. The van der Waals surface area contributed by atoms with Crippen LogP contribution >= 0.6 is 11.3 Å². The summed E-state index contributed by atoms with van der Waals surface area (Å²) in [6, 6.07) is 5.77. The molecule has 7 heteroatoms. The van der Waals surface area contributed by atoms with Crippen LogP contribution < -0.4 is 0 Å². The molecular formula is C12H7F2NO3S. The Morgan fingerprint density at radius 1 is 1.21 bits per heavy atom. The van der Waals surface area contributed by atoms with Gasteiger partial charge in [0.25, 0.3) is 0 Å². The van der Waals surface area contributed by atoms with Crippen molar-refractivity contribution in [3.05, 3.63) is 62.5 Å². The largest absolute Gasteiger partial charge is 0.324 e. The summed E-state index contributed by atoms with van der Waals surface area (Å²) in [6.45, 7) is 0. The van der Waals surface area contributed by atoms with Gasteiger partial charge < -0.3 is 0 Å². The quantitative estimate of drug-likeness (QED) is 0.491. The molecule has 0 unspecified atom stereocenters. The first kappa shape index (κ1) is 13.3. The van der Waals surface area contributed by atoms with E-state index >= 15 is 0 Å². The van der Waals surface area contributed by atoms with Crippen LogP contribution in [0.1, 0.15) is 15.2 Å². The lowest BCUT2D eigenvalue weighted by atomic mass is 10.1. The highest BCUT2D eigenvalue weighted by Crippen LogP contribution is 2.25. The van der Waals surface area contributed by atoms with Crippen LogP contribution in [0.3, 0.4) is 0 Å². The van der Waals surface area contributed by atoms with E-state index < -0.39 is 16.6 Å². The van der Waals surface area contributed by atoms with Gasteiger partial charge in [-0.25, -0.2) is 8.78 Å².